The average Bonchev–Trinajstić information content (AvgIpc) is 2.86. The lowest BCUT2D eigenvalue weighted by atomic mass is 10.1. The van der Waals surface area contributed by atoms with Crippen molar-refractivity contribution in [3.63, 3.8) is 0 Å². The SMILES string of the molecule is NC(=S)c1ccc(N2CCOC3CCCC32)cc1Br. The summed E-state index contributed by atoms with van der Waals surface area (Å²) < 4.78 is 6.82. The van der Waals surface area contributed by atoms with E-state index in [9.17, 15) is 0 Å². The van der Waals surface area contributed by atoms with E-state index in [1.165, 1.54) is 24.9 Å². The van der Waals surface area contributed by atoms with Gasteiger partial charge in [-0.3, -0.25) is 0 Å². The molecule has 2 N–H and O–H groups in total. The number of nitrogens with zero attached hydrogens (tertiary/aromatic N) is 1. The third-order valence-electron chi connectivity index (χ3n) is 4.03. The van der Waals surface area contributed by atoms with Crippen molar-refractivity contribution in [2.75, 3.05) is 18.1 Å². The van der Waals surface area contributed by atoms with Crippen LogP contribution in [0.15, 0.2) is 22.7 Å². The van der Waals surface area contributed by atoms with Crippen molar-refractivity contribution in [1.82, 2.24) is 0 Å². The van der Waals surface area contributed by atoms with E-state index in [-0.39, 0.29) is 0 Å². The van der Waals surface area contributed by atoms with Gasteiger partial charge in [0.25, 0.3) is 0 Å². The van der Waals surface area contributed by atoms with Crippen LogP contribution in [-0.4, -0.2) is 30.3 Å². The van der Waals surface area contributed by atoms with Gasteiger partial charge in [0.05, 0.1) is 18.8 Å². The van der Waals surface area contributed by atoms with Crippen molar-refractivity contribution in [3.05, 3.63) is 28.2 Å². The third-order valence-corrected chi connectivity index (χ3v) is 4.91. The van der Waals surface area contributed by atoms with Crippen molar-refractivity contribution in [3.8, 4) is 0 Å². The van der Waals surface area contributed by atoms with Crippen molar-refractivity contribution in [1.29, 1.82) is 0 Å². The summed E-state index contributed by atoms with van der Waals surface area (Å²) in [5.74, 6) is 0. The molecule has 2 aliphatic rings. The number of hydrogen-bond donors (Lipinski definition) is 1. The third kappa shape index (κ3) is 2.51. The highest BCUT2D eigenvalue weighted by molar-refractivity contribution is 9.10. The Hall–Kier alpha value is -0.650. The van der Waals surface area contributed by atoms with E-state index in [2.05, 4.69) is 33.0 Å². The minimum atomic E-state index is 0.405. The summed E-state index contributed by atoms with van der Waals surface area (Å²) in [6.45, 7) is 1.77. The lowest BCUT2D eigenvalue weighted by molar-refractivity contribution is 0.0256. The maximum atomic E-state index is 5.85. The fourth-order valence-corrected chi connectivity index (χ4v) is 4.02. The van der Waals surface area contributed by atoms with Crippen LogP contribution in [0.3, 0.4) is 0 Å². The number of hydrogen-bond acceptors (Lipinski definition) is 3. The molecule has 2 unspecified atom stereocenters. The van der Waals surface area contributed by atoms with Crippen molar-refractivity contribution < 1.29 is 4.74 Å². The van der Waals surface area contributed by atoms with Crippen LogP contribution in [0.4, 0.5) is 5.69 Å². The molecule has 5 heteroatoms. The Bertz CT molecular complexity index is 508. The van der Waals surface area contributed by atoms with Gasteiger partial charge in [0.1, 0.15) is 4.99 Å². The first-order valence-corrected chi connectivity index (χ1v) is 7.84. The standard InChI is InChI=1S/C14H17BrN2OS/c15-11-8-9(4-5-10(11)14(16)19)17-6-7-18-13-3-1-2-12(13)17/h4-5,8,12-13H,1-3,6-7H2,(H2,16,19). The number of halogens is 1. The highest BCUT2D eigenvalue weighted by Crippen LogP contribution is 2.34. The van der Waals surface area contributed by atoms with Gasteiger partial charge in [-0.2, -0.15) is 0 Å². The van der Waals surface area contributed by atoms with E-state index in [1.54, 1.807) is 0 Å². The van der Waals surface area contributed by atoms with Gasteiger partial charge >= 0.3 is 0 Å². The molecule has 2 atom stereocenters. The molecular weight excluding hydrogens is 324 g/mol. The zero-order valence-corrected chi connectivity index (χ0v) is 13.0. The van der Waals surface area contributed by atoms with Crippen LogP contribution in [0, 0.1) is 0 Å². The first-order chi connectivity index (χ1) is 9.16. The number of rotatable bonds is 2. The van der Waals surface area contributed by atoms with Crippen LogP contribution in [0.25, 0.3) is 0 Å². The van der Waals surface area contributed by atoms with Crippen LogP contribution in [0.2, 0.25) is 0 Å². The van der Waals surface area contributed by atoms with E-state index in [0.29, 0.717) is 17.1 Å². The molecular formula is C14H17BrN2OS. The second-order valence-electron chi connectivity index (χ2n) is 5.13. The topological polar surface area (TPSA) is 38.5 Å². The number of ether oxygens (including phenoxy) is 1. The maximum Gasteiger partial charge on any atom is 0.105 e. The minimum absolute atomic E-state index is 0.405. The first-order valence-electron chi connectivity index (χ1n) is 6.64. The molecule has 102 valence electrons. The summed E-state index contributed by atoms with van der Waals surface area (Å²) in [7, 11) is 0. The van der Waals surface area contributed by atoms with Crippen molar-refractivity contribution in [2.24, 2.45) is 5.73 Å². The van der Waals surface area contributed by atoms with E-state index in [0.717, 1.165) is 23.2 Å². The molecule has 1 aliphatic carbocycles. The number of nitrogens with two attached hydrogens (primary N) is 1. The molecule has 0 radical (unpaired) electrons. The molecule has 3 nitrogen and oxygen atoms in total. The van der Waals surface area contributed by atoms with Crippen LogP contribution in [-0.2, 0) is 4.74 Å². The van der Waals surface area contributed by atoms with E-state index < -0.39 is 0 Å². The van der Waals surface area contributed by atoms with Crippen LogP contribution in [0.1, 0.15) is 24.8 Å². The molecule has 1 saturated carbocycles. The Morgan fingerprint density at radius 3 is 3.00 bits per heavy atom. The smallest absolute Gasteiger partial charge is 0.105 e. The van der Waals surface area contributed by atoms with E-state index >= 15 is 0 Å². The average molecular weight is 341 g/mol. The lowest BCUT2D eigenvalue weighted by Crippen LogP contribution is -2.48. The van der Waals surface area contributed by atoms with Crippen molar-refractivity contribution >= 4 is 38.8 Å². The minimum Gasteiger partial charge on any atom is -0.389 e. The lowest BCUT2D eigenvalue weighted by Gasteiger charge is -2.39. The molecule has 1 aliphatic heterocycles. The number of thiocarbonyl (C=S) groups is 1. The molecule has 1 heterocycles. The normalized spacial score (nSPS) is 26.3. The predicted octanol–water partition coefficient (Wildman–Crippen LogP) is 2.84. The summed E-state index contributed by atoms with van der Waals surface area (Å²) in [4.78, 5) is 2.90. The van der Waals surface area contributed by atoms with E-state index in [1.807, 2.05) is 6.07 Å². The van der Waals surface area contributed by atoms with Gasteiger partial charge in [0.2, 0.25) is 0 Å². The van der Waals surface area contributed by atoms with Gasteiger partial charge in [-0.25, -0.2) is 0 Å². The summed E-state index contributed by atoms with van der Waals surface area (Å²) in [6, 6.07) is 6.76. The van der Waals surface area contributed by atoms with Gasteiger partial charge in [-0.15, -0.1) is 0 Å². The zero-order valence-electron chi connectivity index (χ0n) is 10.6. The monoisotopic (exact) mass is 340 g/mol. The van der Waals surface area contributed by atoms with Crippen LogP contribution >= 0.6 is 28.1 Å². The van der Waals surface area contributed by atoms with Gasteiger partial charge < -0.3 is 15.4 Å². The summed E-state index contributed by atoms with van der Waals surface area (Å²) in [5.41, 5.74) is 7.82. The first kappa shape index (κ1) is 13.3. The molecule has 0 bridgehead atoms. The molecule has 2 fully saturated rings. The fraction of sp³-hybridized carbons (Fsp3) is 0.500. The number of anilines is 1. The van der Waals surface area contributed by atoms with Gasteiger partial charge in [0, 0.05) is 22.3 Å². The molecule has 1 saturated heterocycles. The largest absolute Gasteiger partial charge is 0.389 e. The van der Waals surface area contributed by atoms with Crippen LogP contribution < -0.4 is 10.6 Å². The quantitative estimate of drug-likeness (QED) is 0.840. The Kier molecular flexibility index (Phi) is 3.78. The Labute approximate surface area is 127 Å². The molecule has 1 aromatic rings. The zero-order chi connectivity index (χ0) is 13.4. The number of fused-ring (bicyclic) bond motifs is 1. The highest BCUT2D eigenvalue weighted by Gasteiger charge is 2.36. The number of morpholine rings is 1. The van der Waals surface area contributed by atoms with Gasteiger partial charge in [0.15, 0.2) is 0 Å². The second-order valence-corrected chi connectivity index (χ2v) is 6.42. The van der Waals surface area contributed by atoms with Gasteiger partial charge in [-0.05, 0) is 53.4 Å². The van der Waals surface area contributed by atoms with Crippen LogP contribution in [0.5, 0.6) is 0 Å². The van der Waals surface area contributed by atoms with Gasteiger partial charge in [-0.1, -0.05) is 12.2 Å². The van der Waals surface area contributed by atoms with E-state index in [4.69, 9.17) is 22.7 Å². The second kappa shape index (κ2) is 5.38. The molecule has 1 aromatic carbocycles. The molecule has 0 spiro atoms. The Balaban J connectivity index is 1.89. The molecule has 0 amide bonds. The summed E-state index contributed by atoms with van der Waals surface area (Å²) in [6.07, 6.45) is 4.08. The summed E-state index contributed by atoms with van der Waals surface area (Å²) in [5, 5.41) is 0. The molecule has 0 aromatic heterocycles. The summed E-state index contributed by atoms with van der Waals surface area (Å²) >= 11 is 8.60. The maximum absolute atomic E-state index is 5.85. The van der Waals surface area contributed by atoms with Crippen molar-refractivity contribution in [2.45, 2.75) is 31.4 Å². The Morgan fingerprint density at radius 1 is 1.42 bits per heavy atom. The number of benzene rings is 1. The fourth-order valence-electron chi connectivity index (χ4n) is 3.13. The molecule has 19 heavy (non-hydrogen) atoms. The Morgan fingerprint density at radius 2 is 2.26 bits per heavy atom. The highest BCUT2D eigenvalue weighted by atomic mass is 79.9. The molecule has 3 rings (SSSR count). The predicted molar refractivity (Wildman–Crippen MR) is 84.8 cm³/mol.